The molecule has 0 heterocycles. The quantitative estimate of drug-likeness (QED) is 0.221. The standard InChI is InChI=1S/C12H11N5O6/c13-12(18)8(2-1-5-15-19)7-14-10-4-3-9(16(20)21)6-11(10)17(22)23/h1-7,15,19H,(H2,13,18)/b5-1+,8-2-,14-7?. The summed E-state index contributed by atoms with van der Waals surface area (Å²) in [4.78, 5) is 34.9. The number of amides is 1. The number of hydrogen-bond donors (Lipinski definition) is 3. The van der Waals surface area contributed by atoms with Gasteiger partial charge in [-0.05, 0) is 18.2 Å². The Labute approximate surface area is 128 Å². The Morgan fingerprint density at radius 2 is 2.00 bits per heavy atom. The number of nitrogens with one attached hydrogen (secondary N) is 1. The maximum atomic E-state index is 11.2. The van der Waals surface area contributed by atoms with Gasteiger partial charge in [-0.3, -0.25) is 35.7 Å². The molecule has 0 spiro atoms. The van der Waals surface area contributed by atoms with Gasteiger partial charge in [0.05, 0.1) is 21.5 Å². The summed E-state index contributed by atoms with van der Waals surface area (Å²) >= 11 is 0. The number of nitro benzene ring substituents is 2. The predicted molar refractivity (Wildman–Crippen MR) is 79.2 cm³/mol. The number of rotatable bonds is 7. The van der Waals surface area contributed by atoms with Gasteiger partial charge in [0.1, 0.15) is 5.69 Å². The maximum Gasteiger partial charge on any atom is 0.301 e. The number of aliphatic imine (C=N–C) groups is 1. The summed E-state index contributed by atoms with van der Waals surface area (Å²) in [7, 11) is 0. The smallest absolute Gasteiger partial charge is 0.301 e. The van der Waals surface area contributed by atoms with Crippen LogP contribution in [0.15, 0.2) is 47.1 Å². The van der Waals surface area contributed by atoms with Gasteiger partial charge < -0.3 is 5.73 Å². The fourth-order valence-corrected chi connectivity index (χ4v) is 1.40. The molecule has 1 aromatic carbocycles. The largest absolute Gasteiger partial charge is 0.366 e. The van der Waals surface area contributed by atoms with Crippen LogP contribution in [0, 0.1) is 20.2 Å². The third kappa shape index (κ3) is 5.02. The van der Waals surface area contributed by atoms with E-state index in [2.05, 4.69) is 4.99 Å². The van der Waals surface area contributed by atoms with Gasteiger partial charge in [-0.15, -0.1) is 0 Å². The SMILES string of the molecule is NC(=O)/C(C=Nc1ccc([N+](=O)[O-])cc1[N+](=O)[O-])=C\C=C\NO. The van der Waals surface area contributed by atoms with E-state index in [4.69, 9.17) is 10.9 Å². The molecule has 0 atom stereocenters. The van der Waals surface area contributed by atoms with Crippen molar-refractivity contribution in [1.29, 1.82) is 0 Å². The number of benzene rings is 1. The number of nitrogens with zero attached hydrogens (tertiary/aromatic N) is 3. The summed E-state index contributed by atoms with van der Waals surface area (Å²) in [5.41, 5.74) is 5.47. The number of nitro groups is 2. The summed E-state index contributed by atoms with van der Waals surface area (Å²) in [5, 5.41) is 29.9. The van der Waals surface area contributed by atoms with Crippen molar-refractivity contribution >= 4 is 29.2 Å². The zero-order chi connectivity index (χ0) is 17.4. The highest BCUT2D eigenvalue weighted by Crippen LogP contribution is 2.31. The zero-order valence-electron chi connectivity index (χ0n) is 11.4. The van der Waals surface area contributed by atoms with Crippen LogP contribution in [0.4, 0.5) is 17.1 Å². The summed E-state index contributed by atoms with van der Waals surface area (Å²) < 4.78 is 0. The van der Waals surface area contributed by atoms with Crippen molar-refractivity contribution in [3.05, 3.63) is 62.4 Å². The van der Waals surface area contributed by atoms with Crippen molar-refractivity contribution in [2.75, 3.05) is 0 Å². The number of allylic oxidation sites excluding steroid dienone is 2. The normalized spacial score (nSPS) is 11.8. The number of nitrogens with two attached hydrogens (primary N) is 1. The predicted octanol–water partition coefficient (Wildman–Crippen LogP) is 1.11. The number of non-ortho nitro benzene ring substituents is 1. The van der Waals surface area contributed by atoms with Crippen LogP contribution in [0.2, 0.25) is 0 Å². The summed E-state index contributed by atoms with van der Waals surface area (Å²) in [6, 6.07) is 2.88. The first-order valence-electron chi connectivity index (χ1n) is 5.90. The molecule has 11 heteroatoms. The molecule has 11 nitrogen and oxygen atoms in total. The van der Waals surface area contributed by atoms with E-state index in [1.54, 1.807) is 5.48 Å². The first kappa shape index (κ1) is 17.5. The molecule has 1 amide bonds. The minimum Gasteiger partial charge on any atom is -0.366 e. The van der Waals surface area contributed by atoms with Crippen molar-refractivity contribution in [2.24, 2.45) is 10.7 Å². The Morgan fingerprint density at radius 1 is 1.30 bits per heavy atom. The molecule has 0 aliphatic heterocycles. The second-order valence-electron chi connectivity index (χ2n) is 3.92. The van der Waals surface area contributed by atoms with E-state index in [-0.39, 0.29) is 11.3 Å². The van der Waals surface area contributed by atoms with Gasteiger partial charge in [0.2, 0.25) is 5.91 Å². The van der Waals surface area contributed by atoms with Gasteiger partial charge in [0.15, 0.2) is 0 Å². The van der Waals surface area contributed by atoms with Crippen LogP contribution in [0.5, 0.6) is 0 Å². The average Bonchev–Trinajstić information content (AvgIpc) is 2.49. The van der Waals surface area contributed by atoms with E-state index in [0.29, 0.717) is 0 Å². The molecule has 0 unspecified atom stereocenters. The zero-order valence-corrected chi connectivity index (χ0v) is 11.4. The lowest BCUT2D eigenvalue weighted by atomic mass is 10.2. The molecule has 0 radical (unpaired) electrons. The van der Waals surface area contributed by atoms with Gasteiger partial charge in [-0.1, -0.05) is 0 Å². The lowest BCUT2D eigenvalue weighted by Crippen LogP contribution is -2.14. The minimum absolute atomic E-state index is 0.107. The van der Waals surface area contributed by atoms with Crippen molar-refractivity contribution in [3.63, 3.8) is 0 Å². The van der Waals surface area contributed by atoms with Gasteiger partial charge in [0.25, 0.3) is 5.69 Å². The first-order chi connectivity index (χ1) is 10.9. The number of carbonyl (C=O) groups excluding carboxylic acids is 1. The van der Waals surface area contributed by atoms with Gasteiger partial charge in [-0.2, -0.15) is 0 Å². The second kappa shape index (κ2) is 7.99. The fraction of sp³-hybridized carbons (Fsp3) is 0. The van der Waals surface area contributed by atoms with E-state index in [0.717, 1.165) is 30.6 Å². The molecule has 120 valence electrons. The Balaban J connectivity index is 3.22. The molecular weight excluding hydrogens is 310 g/mol. The summed E-state index contributed by atoms with van der Waals surface area (Å²) in [6.45, 7) is 0. The highest BCUT2D eigenvalue weighted by atomic mass is 16.6. The number of hydrogen-bond acceptors (Lipinski definition) is 8. The Morgan fingerprint density at radius 3 is 2.52 bits per heavy atom. The number of primary amides is 1. The van der Waals surface area contributed by atoms with E-state index in [9.17, 15) is 25.0 Å². The van der Waals surface area contributed by atoms with Crippen LogP contribution in [-0.4, -0.2) is 27.2 Å². The van der Waals surface area contributed by atoms with Crippen molar-refractivity contribution in [2.45, 2.75) is 0 Å². The molecule has 0 saturated heterocycles. The molecular formula is C12H11N5O6. The number of hydroxylamine groups is 1. The van der Waals surface area contributed by atoms with E-state index >= 15 is 0 Å². The topological polar surface area (TPSA) is 174 Å². The molecule has 23 heavy (non-hydrogen) atoms. The lowest BCUT2D eigenvalue weighted by Gasteiger charge is -1.98. The Hall–Kier alpha value is -3.60. The lowest BCUT2D eigenvalue weighted by molar-refractivity contribution is -0.393. The van der Waals surface area contributed by atoms with Crippen LogP contribution < -0.4 is 11.2 Å². The summed E-state index contributed by atoms with van der Waals surface area (Å²) in [5.74, 6) is -0.860. The van der Waals surface area contributed by atoms with E-state index in [1.807, 2.05) is 0 Å². The molecule has 0 fully saturated rings. The van der Waals surface area contributed by atoms with Crippen molar-refractivity contribution in [1.82, 2.24) is 5.48 Å². The third-order valence-electron chi connectivity index (χ3n) is 2.44. The molecule has 0 saturated carbocycles. The van der Waals surface area contributed by atoms with Crippen LogP contribution in [0.1, 0.15) is 0 Å². The van der Waals surface area contributed by atoms with Gasteiger partial charge in [-0.25, -0.2) is 4.99 Å². The Bertz CT molecular complexity index is 725. The third-order valence-corrected chi connectivity index (χ3v) is 2.44. The Kier molecular flexibility index (Phi) is 6.06. The number of carbonyl (C=O) groups is 1. The van der Waals surface area contributed by atoms with Crippen molar-refractivity contribution < 1.29 is 19.8 Å². The molecule has 0 bridgehead atoms. The molecule has 0 aliphatic carbocycles. The van der Waals surface area contributed by atoms with Crippen LogP contribution in [0.25, 0.3) is 0 Å². The van der Waals surface area contributed by atoms with E-state index in [1.165, 1.54) is 12.2 Å². The second-order valence-corrected chi connectivity index (χ2v) is 3.92. The van der Waals surface area contributed by atoms with E-state index < -0.39 is 27.1 Å². The van der Waals surface area contributed by atoms with Crippen LogP contribution >= 0.6 is 0 Å². The highest BCUT2D eigenvalue weighted by molar-refractivity contribution is 6.12. The summed E-state index contributed by atoms with van der Waals surface area (Å²) in [6.07, 6.45) is 4.51. The average molecular weight is 321 g/mol. The van der Waals surface area contributed by atoms with Crippen molar-refractivity contribution in [3.8, 4) is 0 Å². The first-order valence-corrected chi connectivity index (χ1v) is 5.90. The molecule has 1 rings (SSSR count). The maximum absolute atomic E-state index is 11.2. The molecule has 0 aliphatic rings. The minimum atomic E-state index is -0.860. The van der Waals surface area contributed by atoms with Crippen LogP contribution in [-0.2, 0) is 4.79 Å². The van der Waals surface area contributed by atoms with Gasteiger partial charge in [0, 0.05) is 18.5 Å². The molecule has 4 N–H and O–H groups in total. The molecule has 1 aromatic rings. The fourth-order valence-electron chi connectivity index (χ4n) is 1.40. The van der Waals surface area contributed by atoms with Crippen LogP contribution in [0.3, 0.4) is 0 Å². The highest BCUT2D eigenvalue weighted by Gasteiger charge is 2.18. The molecule has 0 aromatic heterocycles. The monoisotopic (exact) mass is 321 g/mol. The van der Waals surface area contributed by atoms with Gasteiger partial charge >= 0.3 is 5.69 Å².